The van der Waals surface area contributed by atoms with Crippen LogP contribution in [0.5, 0.6) is 0 Å². The number of hydrogen-bond acceptors (Lipinski definition) is 6. The molecule has 398 valence electrons. The van der Waals surface area contributed by atoms with Crippen LogP contribution < -0.4 is 0 Å². The van der Waals surface area contributed by atoms with E-state index in [1.807, 2.05) is 0 Å². The third kappa shape index (κ3) is 55.2. The zero-order valence-corrected chi connectivity index (χ0v) is 45.9. The van der Waals surface area contributed by atoms with Crippen molar-refractivity contribution in [2.45, 2.75) is 355 Å². The molecule has 0 amide bonds. The van der Waals surface area contributed by atoms with E-state index in [9.17, 15) is 14.4 Å². The van der Waals surface area contributed by atoms with E-state index < -0.39 is 6.10 Å². The van der Waals surface area contributed by atoms with Gasteiger partial charge in [-0.25, -0.2) is 0 Å². The van der Waals surface area contributed by atoms with Crippen LogP contribution in [-0.4, -0.2) is 37.2 Å². The van der Waals surface area contributed by atoms with Gasteiger partial charge in [0.15, 0.2) is 6.10 Å². The van der Waals surface area contributed by atoms with Crippen molar-refractivity contribution in [3.05, 3.63) is 0 Å². The second-order valence-corrected chi connectivity index (χ2v) is 21.5. The number of ether oxygens (including phenoxy) is 3. The second kappa shape index (κ2) is 55.3. The lowest BCUT2D eigenvalue weighted by Crippen LogP contribution is -2.30. The Morgan fingerprint density at radius 1 is 0.284 bits per heavy atom. The van der Waals surface area contributed by atoms with Gasteiger partial charge in [-0.2, -0.15) is 0 Å². The fraction of sp³-hybridized carbons (Fsp3) is 0.951. The smallest absolute Gasteiger partial charge is 0.306 e. The van der Waals surface area contributed by atoms with E-state index in [0.717, 1.165) is 63.7 Å². The lowest BCUT2D eigenvalue weighted by atomic mass is 10.0. The summed E-state index contributed by atoms with van der Waals surface area (Å²) in [5.74, 6) is 0.0174. The Morgan fingerprint density at radius 3 is 0.731 bits per heavy atom. The molecule has 0 aromatic heterocycles. The maximum absolute atomic E-state index is 12.9. The molecule has 0 spiro atoms. The normalized spacial score (nSPS) is 12.0. The van der Waals surface area contributed by atoms with Crippen molar-refractivity contribution < 1.29 is 28.6 Å². The average Bonchev–Trinajstić information content (AvgIpc) is 3.31. The largest absolute Gasteiger partial charge is 0.462 e. The van der Waals surface area contributed by atoms with Crippen molar-refractivity contribution in [1.82, 2.24) is 0 Å². The minimum Gasteiger partial charge on any atom is -0.462 e. The Labute approximate surface area is 418 Å². The first-order valence-electron chi connectivity index (χ1n) is 30.4. The summed E-state index contributed by atoms with van der Waals surface area (Å²) >= 11 is 0. The van der Waals surface area contributed by atoms with E-state index in [-0.39, 0.29) is 31.1 Å². The highest BCUT2D eigenvalue weighted by molar-refractivity contribution is 5.71. The zero-order chi connectivity index (χ0) is 48.8. The quantitative estimate of drug-likeness (QED) is 0.0343. The molecule has 0 saturated heterocycles. The Kier molecular flexibility index (Phi) is 54.0. The maximum Gasteiger partial charge on any atom is 0.306 e. The van der Waals surface area contributed by atoms with E-state index in [2.05, 4.69) is 27.7 Å². The first-order chi connectivity index (χ1) is 32.9. The maximum atomic E-state index is 12.9. The summed E-state index contributed by atoms with van der Waals surface area (Å²) in [6, 6.07) is 0. The molecular weight excluding hydrogens is 829 g/mol. The molecule has 0 aliphatic heterocycles. The van der Waals surface area contributed by atoms with Crippen molar-refractivity contribution in [3.8, 4) is 0 Å². The molecule has 0 bridgehead atoms. The van der Waals surface area contributed by atoms with Gasteiger partial charge in [-0.1, -0.05) is 310 Å². The third-order valence-corrected chi connectivity index (χ3v) is 14.0. The second-order valence-electron chi connectivity index (χ2n) is 21.5. The van der Waals surface area contributed by atoms with Gasteiger partial charge in [-0.3, -0.25) is 14.4 Å². The van der Waals surface area contributed by atoms with Gasteiger partial charge in [0.1, 0.15) is 13.2 Å². The first-order valence-corrected chi connectivity index (χ1v) is 30.4. The Hall–Kier alpha value is -1.59. The van der Waals surface area contributed by atoms with Gasteiger partial charge in [0.25, 0.3) is 0 Å². The fourth-order valence-electron chi connectivity index (χ4n) is 9.46. The number of hydrogen-bond donors (Lipinski definition) is 0. The molecule has 0 aromatic rings. The zero-order valence-electron chi connectivity index (χ0n) is 45.9. The van der Waals surface area contributed by atoms with E-state index >= 15 is 0 Å². The molecule has 6 nitrogen and oxygen atoms in total. The molecule has 0 aliphatic carbocycles. The summed E-state index contributed by atoms with van der Waals surface area (Å²) in [6.45, 7) is 9.08. The van der Waals surface area contributed by atoms with Crippen molar-refractivity contribution >= 4 is 17.9 Å². The summed E-state index contributed by atoms with van der Waals surface area (Å²) in [6.07, 6.45) is 60.9. The number of carbonyl (C=O) groups is 3. The SMILES string of the molecule is CCCCCCCCCCCCCCCCCCC(=O)OC[C@@H](COC(=O)CCCCCCCCCCCCCCCCC)OC(=O)CCCCCCCCCCCCCCCCCC(C)C. The van der Waals surface area contributed by atoms with Gasteiger partial charge in [-0.15, -0.1) is 0 Å². The molecular formula is C61H118O6. The average molecular weight is 948 g/mol. The summed E-state index contributed by atoms with van der Waals surface area (Å²) in [7, 11) is 0. The Bertz CT molecular complexity index is 1010. The molecule has 0 aromatic carbocycles. The molecule has 0 heterocycles. The molecule has 0 saturated carbocycles. The van der Waals surface area contributed by atoms with Crippen LogP contribution in [0, 0.1) is 5.92 Å². The molecule has 0 aliphatic rings. The van der Waals surface area contributed by atoms with Gasteiger partial charge in [0.05, 0.1) is 0 Å². The molecule has 67 heavy (non-hydrogen) atoms. The highest BCUT2D eigenvalue weighted by atomic mass is 16.6. The van der Waals surface area contributed by atoms with Crippen LogP contribution in [0.1, 0.15) is 349 Å². The first kappa shape index (κ1) is 65.4. The predicted molar refractivity (Wildman–Crippen MR) is 289 cm³/mol. The fourth-order valence-corrected chi connectivity index (χ4v) is 9.46. The lowest BCUT2D eigenvalue weighted by molar-refractivity contribution is -0.167. The summed E-state index contributed by atoms with van der Waals surface area (Å²) in [5, 5.41) is 0. The predicted octanol–water partition coefficient (Wildman–Crippen LogP) is 20.2. The minimum atomic E-state index is -0.762. The monoisotopic (exact) mass is 947 g/mol. The van der Waals surface area contributed by atoms with E-state index in [0.29, 0.717) is 19.3 Å². The third-order valence-electron chi connectivity index (χ3n) is 14.0. The van der Waals surface area contributed by atoms with Gasteiger partial charge in [0.2, 0.25) is 0 Å². The van der Waals surface area contributed by atoms with E-state index in [1.165, 1.54) is 244 Å². The number of unbranched alkanes of at least 4 members (excludes halogenated alkanes) is 43. The van der Waals surface area contributed by atoms with Gasteiger partial charge in [-0.05, 0) is 25.2 Å². The summed E-state index contributed by atoms with van der Waals surface area (Å²) in [4.78, 5) is 38.2. The van der Waals surface area contributed by atoms with Crippen LogP contribution in [0.15, 0.2) is 0 Å². The van der Waals surface area contributed by atoms with Crippen LogP contribution in [0.4, 0.5) is 0 Å². The van der Waals surface area contributed by atoms with Crippen LogP contribution >= 0.6 is 0 Å². The molecule has 0 fully saturated rings. The summed E-state index contributed by atoms with van der Waals surface area (Å²) in [5.41, 5.74) is 0. The van der Waals surface area contributed by atoms with Crippen LogP contribution in [-0.2, 0) is 28.6 Å². The number of carbonyl (C=O) groups excluding carboxylic acids is 3. The van der Waals surface area contributed by atoms with Gasteiger partial charge in [0, 0.05) is 19.3 Å². The standard InChI is InChI=1S/C61H118O6/c1-5-7-9-11-13-15-17-19-21-25-29-33-37-41-45-49-53-60(63)66-56-58(55-65-59(62)52-48-44-40-36-32-28-23-20-18-16-14-12-10-8-6-2)67-61(64)54-50-46-42-38-34-30-26-22-24-27-31-35-39-43-47-51-57(3)4/h57-58H,5-56H2,1-4H3/t58-/m1/s1. The number of esters is 3. The van der Waals surface area contributed by atoms with Crippen LogP contribution in [0.25, 0.3) is 0 Å². The van der Waals surface area contributed by atoms with Gasteiger partial charge >= 0.3 is 17.9 Å². The topological polar surface area (TPSA) is 78.9 Å². The molecule has 0 radical (unpaired) electrons. The molecule has 0 rings (SSSR count). The lowest BCUT2D eigenvalue weighted by Gasteiger charge is -2.18. The van der Waals surface area contributed by atoms with Crippen LogP contribution in [0.3, 0.4) is 0 Å². The Balaban J connectivity index is 4.29. The Morgan fingerprint density at radius 2 is 0.493 bits per heavy atom. The van der Waals surface area contributed by atoms with E-state index in [1.54, 1.807) is 0 Å². The van der Waals surface area contributed by atoms with E-state index in [4.69, 9.17) is 14.2 Å². The van der Waals surface area contributed by atoms with Gasteiger partial charge < -0.3 is 14.2 Å². The van der Waals surface area contributed by atoms with Crippen molar-refractivity contribution in [2.75, 3.05) is 13.2 Å². The minimum absolute atomic E-state index is 0.0614. The highest BCUT2D eigenvalue weighted by Gasteiger charge is 2.19. The molecule has 6 heteroatoms. The van der Waals surface area contributed by atoms with Crippen molar-refractivity contribution in [1.29, 1.82) is 0 Å². The van der Waals surface area contributed by atoms with Crippen LogP contribution in [0.2, 0.25) is 0 Å². The number of rotatable bonds is 56. The molecule has 0 unspecified atom stereocenters. The molecule has 0 N–H and O–H groups in total. The van der Waals surface area contributed by atoms with Crippen molar-refractivity contribution in [3.63, 3.8) is 0 Å². The highest BCUT2D eigenvalue weighted by Crippen LogP contribution is 2.18. The summed E-state index contributed by atoms with van der Waals surface area (Å²) < 4.78 is 16.9. The van der Waals surface area contributed by atoms with Crippen molar-refractivity contribution in [2.24, 2.45) is 5.92 Å². The molecule has 1 atom stereocenters.